The van der Waals surface area contributed by atoms with Crippen molar-refractivity contribution < 1.29 is 4.42 Å². The van der Waals surface area contributed by atoms with Crippen LogP contribution in [-0.4, -0.2) is 4.98 Å². The third-order valence-corrected chi connectivity index (χ3v) is 3.35. The number of hydrogen-bond donors (Lipinski definition) is 0. The van der Waals surface area contributed by atoms with Gasteiger partial charge in [0.05, 0.1) is 0 Å². The fourth-order valence-corrected chi connectivity index (χ4v) is 2.42. The van der Waals surface area contributed by atoms with Gasteiger partial charge in [0.15, 0.2) is 0 Å². The van der Waals surface area contributed by atoms with Gasteiger partial charge in [0, 0.05) is 17.0 Å². The SMILES string of the molecule is c1ccc(-c2ccc3oc4ncccc4c3c2)cc1. The van der Waals surface area contributed by atoms with Crippen molar-refractivity contribution in [1.82, 2.24) is 4.98 Å². The summed E-state index contributed by atoms with van der Waals surface area (Å²) in [7, 11) is 0. The van der Waals surface area contributed by atoms with Gasteiger partial charge in [-0.15, -0.1) is 0 Å². The normalized spacial score (nSPS) is 11.2. The molecule has 0 aliphatic heterocycles. The molecule has 0 unspecified atom stereocenters. The Labute approximate surface area is 110 Å². The Kier molecular flexibility index (Phi) is 2.15. The zero-order valence-electron chi connectivity index (χ0n) is 10.2. The maximum atomic E-state index is 5.73. The molecular formula is C17H11NO. The summed E-state index contributed by atoms with van der Waals surface area (Å²) in [6.07, 6.45) is 1.75. The van der Waals surface area contributed by atoms with Crippen molar-refractivity contribution in [3.63, 3.8) is 0 Å². The lowest BCUT2D eigenvalue weighted by Crippen LogP contribution is -1.76. The molecule has 2 aromatic heterocycles. The summed E-state index contributed by atoms with van der Waals surface area (Å²) in [5, 5.41) is 2.18. The molecule has 0 aliphatic rings. The molecule has 0 amide bonds. The second-order valence-electron chi connectivity index (χ2n) is 4.54. The van der Waals surface area contributed by atoms with Crippen LogP contribution in [0.3, 0.4) is 0 Å². The summed E-state index contributed by atoms with van der Waals surface area (Å²) in [5.74, 6) is 0. The van der Waals surface area contributed by atoms with E-state index >= 15 is 0 Å². The molecule has 0 spiro atoms. The summed E-state index contributed by atoms with van der Waals surface area (Å²) in [4.78, 5) is 4.25. The van der Waals surface area contributed by atoms with Gasteiger partial charge >= 0.3 is 0 Å². The number of fused-ring (bicyclic) bond motifs is 3. The van der Waals surface area contributed by atoms with Crippen LogP contribution in [0.4, 0.5) is 0 Å². The van der Waals surface area contributed by atoms with Gasteiger partial charge in [0.1, 0.15) is 5.58 Å². The molecule has 0 bridgehead atoms. The van der Waals surface area contributed by atoms with E-state index in [1.165, 1.54) is 11.1 Å². The molecule has 2 heteroatoms. The third kappa shape index (κ3) is 1.61. The van der Waals surface area contributed by atoms with Crippen molar-refractivity contribution in [3.8, 4) is 11.1 Å². The number of hydrogen-bond acceptors (Lipinski definition) is 2. The third-order valence-electron chi connectivity index (χ3n) is 3.35. The minimum atomic E-state index is 0.697. The van der Waals surface area contributed by atoms with Gasteiger partial charge in [-0.25, -0.2) is 4.98 Å². The first-order valence-electron chi connectivity index (χ1n) is 6.24. The summed E-state index contributed by atoms with van der Waals surface area (Å²) in [6.45, 7) is 0. The van der Waals surface area contributed by atoms with Crippen molar-refractivity contribution in [2.45, 2.75) is 0 Å². The fraction of sp³-hybridized carbons (Fsp3) is 0. The molecule has 90 valence electrons. The van der Waals surface area contributed by atoms with Crippen LogP contribution in [-0.2, 0) is 0 Å². The standard InChI is InChI=1S/C17H11NO/c1-2-5-12(6-3-1)13-8-9-16-15(11-13)14-7-4-10-18-17(14)19-16/h1-11H. The zero-order chi connectivity index (χ0) is 12.7. The largest absolute Gasteiger partial charge is 0.438 e. The molecule has 19 heavy (non-hydrogen) atoms. The molecule has 0 saturated carbocycles. The number of rotatable bonds is 1. The smallest absolute Gasteiger partial charge is 0.227 e. The number of aromatic nitrogens is 1. The van der Waals surface area contributed by atoms with E-state index in [0.29, 0.717) is 5.71 Å². The van der Waals surface area contributed by atoms with Crippen LogP contribution in [0.5, 0.6) is 0 Å². The summed E-state index contributed by atoms with van der Waals surface area (Å²) in [5.41, 5.74) is 3.98. The van der Waals surface area contributed by atoms with Gasteiger partial charge < -0.3 is 4.42 Å². The lowest BCUT2D eigenvalue weighted by Gasteiger charge is -2.00. The van der Waals surface area contributed by atoms with E-state index < -0.39 is 0 Å². The molecule has 0 fully saturated rings. The van der Waals surface area contributed by atoms with Crippen LogP contribution >= 0.6 is 0 Å². The topological polar surface area (TPSA) is 26.0 Å². The van der Waals surface area contributed by atoms with Crippen LogP contribution in [0.1, 0.15) is 0 Å². The van der Waals surface area contributed by atoms with Crippen molar-refractivity contribution >= 4 is 22.1 Å². The van der Waals surface area contributed by atoms with Gasteiger partial charge in [-0.2, -0.15) is 0 Å². The summed E-state index contributed by atoms with van der Waals surface area (Å²) < 4.78 is 5.73. The molecular weight excluding hydrogens is 234 g/mol. The van der Waals surface area contributed by atoms with E-state index in [1.54, 1.807) is 6.20 Å². The summed E-state index contributed by atoms with van der Waals surface area (Å²) in [6, 6.07) is 20.6. The Morgan fingerprint density at radius 3 is 2.53 bits per heavy atom. The monoisotopic (exact) mass is 245 g/mol. The van der Waals surface area contributed by atoms with Crippen molar-refractivity contribution in [3.05, 3.63) is 66.9 Å². The van der Waals surface area contributed by atoms with Gasteiger partial charge in [0.2, 0.25) is 5.71 Å². The number of benzene rings is 2. The Balaban J connectivity index is 2.03. The second kappa shape index (κ2) is 3.95. The zero-order valence-corrected chi connectivity index (χ0v) is 10.2. The van der Waals surface area contributed by atoms with Crippen LogP contribution in [0.25, 0.3) is 33.2 Å². The van der Waals surface area contributed by atoms with E-state index in [1.807, 2.05) is 24.3 Å². The Morgan fingerprint density at radius 2 is 1.63 bits per heavy atom. The number of pyridine rings is 1. The van der Waals surface area contributed by atoms with Crippen LogP contribution in [0, 0.1) is 0 Å². The predicted octanol–water partition coefficient (Wildman–Crippen LogP) is 4.65. The van der Waals surface area contributed by atoms with E-state index in [9.17, 15) is 0 Å². The first-order chi connectivity index (χ1) is 9.42. The highest BCUT2D eigenvalue weighted by molar-refractivity contribution is 6.04. The predicted molar refractivity (Wildman–Crippen MR) is 77.0 cm³/mol. The van der Waals surface area contributed by atoms with Gasteiger partial charge in [-0.05, 0) is 35.4 Å². The van der Waals surface area contributed by atoms with Crippen molar-refractivity contribution in [1.29, 1.82) is 0 Å². The highest BCUT2D eigenvalue weighted by Crippen LogP contribution is 2.31. The van der Waals surface area contributed by atoms with Gasteiger partial charge in [-0.3, -0.25) is 0 Å². The van der Waals surface area contributed by atoms with E-state index in [0.717, 1.165) is 16.4 Å². The maximum absolute atomic E-state index is 5.73. The number of nitrogens with zero attached hydrogens (tertiary/aromatic N) is 1. The first-order valence-corrected chi connectivity index (χ1v) is 6.24. The molecule has 2 aromatic carbocycles. The number of furan rings is 1. The van der Waals surface area contributed by atoms with Crippen molar-refractivity contribution in [2.24, 2.45) is 0 Å². The molecule has 0 saturated heterocycles. The summed E-state index contributed by atoms with van der Waals surface area (Å²) >= 11 is 0. The minimum absolute atomic E-state index is 0.697. The van der Waals surface area contributed by atoms with E-state index in [2.05, 4.69) is 41.4 Å². The Hall–Kier alpha value is -2.61. The fourth-order valence-electron chi connectivity index (χ4n) is 2.42. The molecule has 4 aromatic rings. The molecule has 0 radical (unpaired) electrons. The lowest BCUT2D eigenvalue weighted by molar-refractivity contribution is 0.654. The quantitative estimate of drug-likeness (QED) is 0.488. The molecule has 0 N–H and O–H groups in total. The Morgan fingerprint density at radius 1 is 0.737 bits per heavy atom. The highest BCUT2D eigenvalue weighted by Gasteiger charge is 2.08. The molecule has 0 atom stereocenters. The lowest BCUT2D eigenvalue weighted by atomic mass is 10.0. The van der Waals surface area contributed by atoms with Crippen LogP contribution in [0.15, 0.2) is 71.3 Å². The van der Waals surface area contributed by atoms with E-state index in [4.69, 9.17) is 4.42 Å². The molecule has 0 aliphatic carbocycles. The van der Waals surface area contributed by atoms with Crippen LogP contribution < -0.4 is 0 Å². The average molecular weight is 245 g/mol. The maximum Gasteiger partial charge on any atom is 0.227 e. The van der Waals surface area contributed by atoms with Gasteiger partial charge in [0.25, 0.3) is 0 Å². The van der Waals surface area contributed by atoms with Gasteiger partial charge in [-0.1, -0.05) is 36.4 Å². The average Bonchev–Trinajstić information content (AvgIpc) is 2.86. The first kappa shape index (κ1) is 10.3. The van der Waals surface area contributed by atoms with Crippen molar-refractivity contribution in [2.75, 3.05) is 0 Å². The molecule has 2 heterocycles. The van der Waals surface area contributed by atoms with E-state index in [-0.39, 0.29) is 0 Å². The minimum Gasteiger partial charge on any atom is -0.438 e. The van der Waals surface area contributed by atoms with Crippen LogP contribution in [0.2, 0.25) is 0 Å². The molecule has 2 nitrogen and oxygen atoms in total. The molecule has 4 rings (SSSR count). The Bertz CT molecular complexity index is 862. The highest BCUT2D eigenvalue weighted by atomic mass is 16.3. The second-order valence-corrected chi connectivity index (χ2v) is 4.54.